The molecule has 0 amide bonds. The molecule has 12 atom stereocenters. The molecule has 1 aromatic carbocycles. The number of methoxy groups -OCH3 is 1. The van der Waals surface area contributed by atoms with Gasteiger partial charge in [-0.25, -0.2) is 4.79 Å². The fourth-order valence-corrected chi connectivity index (χ4v) is 11.3. The Labute approximate surface area is 241 Å². The molecule has 2 saturated heterocycles. The molecule has 4 saturated carbocycles. The van der Waals surface area contributed by atoms with Crippen molar-refractivity contribution in [2.75, 3.05) is 13.7 Å². The summed E-state index contributed by atoms with van der Waals surface area (Å²) in [7, 11) is 1.64. The summed E-state index contributed by atoms with van der Waals surface area (Å²) in [5.41, 5.74) is 1.35. The minimum atomic E-state index is -0.321. The van der Waals surface area contributed by atoms with Gasteiger partial charge < -0.3 is 18.9 Å². The Balaban J connectivity index is 1.03. The van der Waals surface area contributed by atoms with Crippen LogP contribution in [0.2, 0.25) is 0 Å². The largest absolute Gasteiger partial charge is 0.497 e. The maximum Gasteiger partial charge on any atom is 0.338 e. The second-order valence-corrected chi connectivity index (χ2v) is 15.2. The molecule has 1 aromatic rings. The van der Waals surface area contributed by atoms with Crippen LogP contribution in [0.15, 0.2) is 24.3 Å². The molecule has 0 bridgehead atoms. The molecule has 4 aliphatic carbocycles. The van der Waals surface area contributed by atoms with Crippen molar-refractivity contribution in [1.29, 1.82) is 0 Å². The van der Waals surface area contributed by atoms with Crippen molar-refractivity contribution in [3.63, 3.8) is 0 Å². The fourth-order valence-electron chi connectivity index (χ4n) is 11.3. The molecule has 2 heterocycles. The summed E-state index contributed by atoms with van der Waals surface area (Å²) in [6.07, 6.45) is 12.4. The van der Waals surface area contributed by atoms with E-state index in [0.717, 1.165) is 49.4 Å². The third-order valence-electron chi connectivity index (χ3n) is 13.5. The van der Waals surface area contributed by atoms with E-state index in [1.54, 1.807) is 7.11 Å². The number of rotatable bonds is 3. The molecule has 6 fully saturated rings. The van der Waals surface area contributed by atoms with E-state index >= 15 is 0 Å². The second-order valence-electron chi connectivity index (χ2n) is 15.2. The van der Waals surface area contributed by atoms with Crippen LogP contribution >= 0.6 is 0 Å². The van der Waals surface area contributed by atoms with Crippen LogP contribution in [0, 0.1) is 52.3 Å². The number of hydrogen-bond acceptors (Lipinski definition) is 5. The first kappa shape index (κ1) is 27.3. The number of benzene rings is 1. The quantitative estimate of drug-likeness (QED) is 0.362. The van der Waals surface area contributed by atoms with Crippen molar-refractivity contribution in [1.82, 2.24) is 0 Å². The molecule has 5 heteroatoms. The van der Waals surface area contributed by atoms with Gasteiger partial charge in [0.15, 0.2) is 5.79 Å². The minimum absolute atomic E-state index is 0.0348. The number of ether oxygens (including phenoxy) is 4. The smallest absolute Gasteiger partial charge is 0.338 e. The van der Waals surface area contributed by atoms with Gasteiger partial charge in [0.25, 0.3) is 0 Å². The highest BCUT2D eigenvalue weighted by molar-refractivity contribution is 5.89. The number of esters is 1. The zero-order chi connectivity index (χ0) is 27.9. The number of hydrogen-bond donors (Lipinski definition) is 0. The van der Waals surface area contributed by atoms with Gasteiger partial charge in [-0.2, -0.15) is 0 Å². The Hall–Kier alpha value is -1.59. The predicted molar refractivity (Wildman–Crippen MR) is 154 cm³/mol. The molecule has 220 valence electrons. The van der Waals surface area contributed by atoms with Gasteiger partial charge in [0.05, 0.1) is 25.4 Å². The van der Waals surface area contributed by atoms with E-state index < -0.39 is 0 Å². The molecule has 0 unspecified atom stereocenters. The zero-order valence-electron chi connectivity index (χ0n) is 25.3. The average molecular weight is 551 g/mol. The van der Waals surface area contributed by atoms with Crippen molar-refractivity contribution >= 4 is 5.97 Å². The van der Waals surface area contributed by atoms with Gasteiger partial charge in [-0.15, -0.1) is 0 Å². The molecule has 0 radical (unpaired) electrons. The van der Waals surface area contributed by atoms with Gasteiger partial charge in [-0.1, -0.05) is 27.7 Å². The maximum absolute atomic E-state index is 12.9. The summed E-state index contributed by atoms with van der Waals surface area (Å²) >= 11 is 0. The topological polar surface area (TPSA) is 54.0 Å². The molecule has 6 aliphatic rings. The first-order valence-electron chi connectivity index (χ1n) is 16.3. The Morgan fingerprint density at radius 3 is 2.40 bits per heavy atom. The van der Waals surface area contributed by atoms with Gasteiger partial charge in [-0.05, 0) is 128 Å². The van der Waals surface area contributed by atoms with Gasteiger partial charge in [-0.3, -0.25) is 0 Å². The van der Waals surface area contributed by atoms with Crippen molar-refractivity contribution in [2.24, 2.45) is 52.3 Å². The molecule has 0 N–H and O–H groups in total. The van der Waals surface area contributed by atoms with Crippen LogP contribution in [0.3, 0.4) is 0 Å². The molecular weight excluding hydrogens is 500 g/mol. The highest BCUT2D eigenvalue weighted by Gasteiger charge is 2.69. The zero-order valence-corrected chi connectivity index (χ0v) is 25.3. The first-order valence-corrected chi connectivity index (χ1v) is 16.3. The summed E-state index contributed by atoms with van der Waals surface area (Å²) < 4.78 is 24.8. The van der Waals surface area contributed by atoms with E-state index in [2.05, 4.69) is 27.7 Å². The summed E-state index contributed by atoms with van der Waals surface area (Å²) in [6, 6.07) is 7.28. The monoisotopic (exact) mass is 550 g/mol. The second kappa shape index (κ2) is 9.73. The molecule has 5 nitrogen and oxygen atoms in total. The number of carbonyl (C=O) groups excluding carboxylic acids is 1. The maximum atomic E-state index is 12.9. The van der Waals surface area contributed by atoms with Crippen LogP contribution in [0.25, 0.3) is 0 Å². The standard InChI is InChI=1S/C35H50O5/c1-21-12-17-35(38-20-21)22(2)31-30(40-35)19-29-27-11-8-24-18-26(39-32(36)23-6-9-25(37-5)10-7-23)13-15-33(24,3)28(27)14-16-34(29,31)4/h6-7,9-10,21-22,24,26-31H,8,11-20H2,1-5H3/t21-,22+,24+,26-,27-,28+,29-,30+,31+,33+,34+,35-/m1/s1. The van der Waals surface area contributed by atoms with E-state index in [4.69, 9.17) is 18.9 Å². The lowest BCUT2D eigenvalue weighted by Crippen LogP contribution is -2.55. The lowest BCUT2D eigenvalue weighted by Gasteiger charge is -2.61. The van der Waals surface area contributed by atoms with Crippen LogP contribution in [0.1, 0.15) is 102 Å². The van der Waals surface area contributed by atoms with Crippen LogP contribution < -0.4 is 4.74 Å². The Kier molecular flexibility index (Phi) is 6.63. The van der Waals surface area contributed by atoms with E-state index in [1.165, 1.54) is 44.9 Å². The van der Waals surface area contributed by atoms with E-state index in [0.29, 0.717) is 46.2 Å². The van der Waals surface area contributed by atoms with Crippen molar-refractivity contribution in [2.45, 2.75) is 110 Å². The number of carbonyl (C=O) groups is 1. The molecule has 0 aromatic heterocycles. The predicted octanol–water partition coefficient (Wildman–Crippen LogP) is 7.67. The van der Waals surface area contributed by atoms with Gasteiger partial charge in [0, 0.05) is 12.3 Å². The Morgan fingerprint density at radius 2 is 1.68 bits per heavy atom. The number of fused-ring (bicyclic) bond motifs is 7. The molecule has 2 aliphatic heterocycles. The summed E-state index contributed by atoms with van der Waals surface area (Å²) in [6.45, 7) is 10.8. The average Bonchev–Trinajstić information content (AvgIpc) is 3.40. The Bertz CT molecular complexity index is 1110. The summed E-state index contributed by atoms with van der Waals surface area (Å²) in [4.78, 5) is 12.9. The molecule has 7 rings (SSSR count). The van der Waals surface area contributed by atoms with Crippen molar-refractivity contribution < 1.29 is 23.7 Å². The molecular formula is C35H50O5. The van der Waals surface area contributed by atoms with Crippen molar-refractivity contribution in [3.05, 3.63) is 29.8 Å². The Morgan fingerprint density at radius 1 is 0.900 bits per heavy atom. The SMILES string of the molecule is COc1ccc(C(=O)O[C@@H]2CC[C@@]3(C)[C@@H](CC[C@H]4[C@H]5C[C@@H]6O[C@]7(CC[C@@H](C)CO7)[C@@H](C)[C@@H]6[C@@]5(C)CC[C@@H]43)C2)cc1. The molecule has 1 spiro atoms. The lowest BCUT2D eigenvalue weighted by atomic mass is 9.44. The third-order valence-corrected chi connectivity index (χ3v) is 13.5. The summed E-state index contributed by atoms with van der Waals surface area (Å²) in [5.74, 6) is 5.03. The van der Waals surface area contributed by atoms with Crippen molar-refractivity contribution in [3.8, 4) is 5.75 Å². The summed E-state index contributed by atoms with van der Waals surface area (Å²) in [5, 5.41) is 0. The van der Waals surface area contributed by atoms with Crippen LogP contribution in [0.5, 0.6) is 5.75 Å². The van der Waals surface area contributed by atoms with Crippen LogP contribution in [0.4, 0.5) is 0 Å². The van der Waals surface area contributed by atoms with E-state index in [-0.39, 0.29) is 17.9 Å². The third kappa shape index (κ3) is 4.03. The van der Waals surface area contributed by atoms with Gasteiger partial charge in [0.1, 0.15) is 11.9 Å². The van der Waals surface area contributed by atoms with Crippen LogP contribution in [-0.2, 0) is 14.2 Å². The fraction of sp³-hybridized carbons (Fsp3) is 0.800. The normalized spacial score (nSPS) is 49.5. The van der Waals surface area contributed by atoms with Gasteiger partial charge >= 0.3 is 5.97 Å². The first-order chi connectivity index (χ1) is 19.2. The molecule has 40 heavy (non-hydrogen) atoms. The van der Waals surface area contributed by atoms with E-state index in [1.807, 2.05) is 24.3 Å². The van der Waals surface area contributed by atoms with Crippen LogP contribution in [-0.4, -0.2) is 37.7 Å². The van der Waals surface area contributed by atoms with Gasteiger partial charge in [0.2, 0.25) is 0 Å². The lowest BCUT2D eigenvalue weighted by molar-refractivity contribution is -0.273. The highest BCUT2D eigenvalue weighted by atomic mass is 16.7. The highest BCUT2D eigenvalue weighted by Crippen LogP contribution is 2.71. The van der Waals surface area contributed by atoms with E-state index in [9.17, 15) is 4.79 Å². The minimum Gasteiger partial charge on any atom is -0.497 e.